The van der Waals surface area contributed by atoms with Crippen LogP contribution in [0.15, 0.2) is 36.4 Å². The minimum Gasteiger partial charge on any atom is -0.508 e. The number of ether oxygens (including phenoxy) is 1. The van der Waals surface area contributed by atoms with Crippen molar-refractivity contribution in [1.82, 2.24) is 4.90 Å². The third-order valence-electron chi connectivity index (χ3n) is 4.47. The third kappa shape index (κ3) is 3.16. The standard InChI is InChI=1S/C19H21NO3/c1-13-10-18(21)14(2)16-8-9-20(11-17(13)16)19(22)23-12-15-6-4-3-5-7-15/h3-7,10,21H,8-9,11-12H2,1-2H3. The molecule has 0 aliphatic carbocycles. The van der Waals surface area contributed by atoms with E-state index in [1.54, 1.807) is 11.0 Å². The number of aromatic hydroxyl groups is 1. The van der Waals surface area contributed by atoms with Crippen molar-refractivity contribution in [2.24, 2.45) is 0 Å². The predicted molar refractivity (Wildman–Crippen MR) is 88.3 cm³/mol. The normalized spacial score (nSPS) is 13.6. The number of aryl methyl sites for hydroxylation is 1. The molecule has 0 spiro atoms. The maximum Gasteiger partial charge on any atom is 0.410 e. The average molecular weight is 311 g/mol. The minimum atomic E-state index is -0.287. The molecule has 1 heterocycles. The van der Waals surface area contributed by atoms with Crippen molar-refractivity contribution in [2.75, 3.05) is 6.54 Å². The largest absolute Gasteiger partial charge is 0.508 e. The van der Waals surface area contributed by atoms with Gasteiger partial charge in [0, 0.05) is 13.1 Å². The van der Waals surface area contributed by atoms with Gasteiger partial charge in [0.25, 0.3) is 0 Å². The van der Waals surface area contributed by atoms with Crippen LogP contribution in [-0.4, -0.2) is 22.6 Å². The van der Waals surface area contributed by atoms with Gasteiger partial charge in [-0.15, -0.1) is 0 Å². The Morgan fingerprint density at radius 3 is 2.70 bits per heavy atom. The fourth-order valence-corrected chi connectivity index (χ4v) is 3.06. The van der Waals surface area contributed by atoms with Crippen molar-refractivity contribution in [3.8, 4) is 5.75 Å². The summed E-state index contributed by atoms with van der Waals surface area (Å²) in [6.07, 6.45) is 0.459. The minimum absolute atomic E-state index is 0.287. The lowest BCUT2D eigenvalue weighted by Gasteiger charge is -2.30. The molecule has 3 rings (SSSR count). The number of rotatable bonds is 2. The molecule has 0 unspecified atom stereocenters. The van der Waals surface area contributed by atoms with E-state index in [-0.39, 0.29) is 12.7 Å². The van der Waals surface area contributed by atoms with E-state index in [1.165, 1.54) is 0 Å². The van der Waals surface area contributed by atoms with Crippen molar-refractivity contribution in [3.63, 3.8) is 0 Å². The van der Waals surface area contributed by atoms with Crippen LogP contribution in [0.25, 0.3) is 0 Å². The number of phenolic OH excluding ortho intramolecular Hbond substituents is 1. The zero-order chi connectivity index (χ0) is 16.4. The van der Waals surface area contributed by atoms with Crippen LogP contribution in [0.2, 0.25) is 0 Å². The Bertz CT molecular complexity index is 725. The Balaban J connectivity index is 1.69. The van der Waals surface area contributed by atoms with Gasteiger partial charge in [-0.1, -0.05) is 30.3 Å². The Kier molecular flexibility index (Phi) is 4.24. The zero-order valence-corrected chi connectivity index (χ0v) is 13.5. The highest BCUT2D eigenvalue weighted by molar-refractivity contribution is 5.68. The monoisotopic (exact) mass is 311 g/mol. The predicted octanol–water partition coefficient (Wildman–Crippen LogP) is 3.70. The van der Waals surface area contributed by atoms with E-state index < -0.39 is 0 Å². The van der Waals surface area contributed by atoms with Gasteiger partial charge in [0.2, 0.25) is 0 Å². The van der Waals surface area contributed by atoms with Crippen LogP contribution in [0.5, 0.6) is 5.75 Å². The summed E-state index contributed by atoms with van der Waals surface area (Å²) >= 11 is 0. The Morgan fingerprint density at radius 1 is 1.22 bits per heavy atom. The molecule has 0 saturated heterocycles. The molecule has 23 heavy (non-hydrogen) atoms. The van der Waals surface area contributed by atoms with Gasteiger partial charge >= 0.3 is 6.09 Å². The summed E-state index contributed by atoms with van der Waals surface area (Å²) in [5, 5.41) is 9.94. The third-order valence-corrected chi connectivity index (χ3v) is 4.47. The van der Waals surface area contributed by atoms with Gasteiger partial charge < -0.3 is 14.7 Å². The van der Waals surface area contributed by atoms with E-state index in [9.17, 15) is 9.90 Å². The van der Waals surface area contributed by atoms with Crippen molar-refractivity contribution < 1.29 is 14.6 Å². The quantitative estimate of drug-likeness (QED) is 0.920. The molecule has 0 bridgehead atoms. The molecule has 4 nitrogen and oxygen atoms in total. The molecule has 120 valence electrons. The molecule has 0 atom stereocenters. The van der Waals surface area contributed by atoms with Gasteiger partial charge in [0.15, 0.2) is 0 Å². The highest BCUT2D eigenvalue weighted by Gasteiger charge is 2.25. The lowest BCUT2D eigenvalue weighted by Crippen LogP contribution is -2.37. The van der Waals surface area contributed by atoms with E-state index in [2.05, 4.69) is 0 Å². The summed E-state index contributed by atoms with van der Waals surface area (Å²) in [5.74, 6) is 0.335. The summed E-state index contributed by atoms with van der Waals surface area (Å²) in [4.78, 5) is 14.0. The van der Waals surface area contributed by atoms with E-state index in [0.717, 1.165) is 34.2 Å². The summed E-state index contributed by atoms with van der Waals surface area (Å²) in [7, 11) is 0. The van der Waals surface area contributed by atoms with Crippen LogP contribution < -0.4 is 0 Å². The molecular formula is C19H21NO3. The van der Waals surface area contributed by atoms with Gasteiger partial charge in [-0.25, -0.2) is 4.79 Å². The van der Waals surface area contributed by atoms with Gasteiger partial charge in [0.1, 0.15) is 12.4 Å². The molecule has 1 aliphatic heterocycles. The number of phenols is 1. The SMILES string of the molecule is Cc1cc(O)c(C)c2c1CN(C(=O)OCc1ccccc1)CC2. The van der Waals surface area contributed by atoms with E-state index in [0.29, 0.717) is 18.8 Å². The van der Waals surface area contributed by atoms with E-state index in [4.69, 9.17) is 4.74 Å². The molecule has 0 fully saturated rings. The van der Waals surface area contributed by atoms with Crippen molar-refractivity contribution in [2.45, 2.75) is 33.4 Å². The van der Waals surface area contributed by atoms with E-state index in [1.807, 2.05) is 44.2 Å². The number of carbonyl (C=O) groups excluding carboxylic acids is 1. The van der Waals surface area contributed by atoms with Gasteiger partial charge in [-0.3, -0.25) is 0 Å². The molecule has 0 radical (unpaired) electrons. The molecule has 1 amide bonds. The zero-order valence-electron chi connectivity index (χ0n) is 13.5. The molecular weight excluding hydrogens is 290 g/mol. The number of hydrogen-bond acceptors (Lipinski definition) is 3. The number of nitrogens with zero attached hydrogens (tertiary/aromatic N) is 1. The van der Waals surface area contributed by atoms with Crippen LogP contribution in [0.1, 0.15) is 27.8 Å². The maximum absolute atomic E-state index is 12.3. The second-order valence-corrected chi connectivity index (χ2v) is 6.01. The summed E-state index contributed by atoms with van der Waals surface area (Å²) in [6.45, 7) is 5.34. The number of hydrogen-bond donors (Lipinski definition) is 1. The van der Waals surface area contributed by atoms with Gasteiger partial charge in [-0.05, 0) is 54.2 Å². The average Bonchev–Trinajstić information content (AvgIpc) is 2.58. The highest BCUT2D eigenvalue weighted by Crippen LogP contribution is 2.31. The second-order valence-electron chi connectivity index (χ2n) is 6.01. The first-order valence-electron chi connectivity index (χ1n) is 7.83. The Labute approximate surface area is 136 Å². The first-order valence-corrected chi connectivity index (χ1v) is 7.83. The van der Waals surface area contributed by atoms with Crippen LogP contribution in [0, 0.1) is 13.8 Å². The summed E-state index contributed by atoms with van der Waals surface area (Å²) in [5.41, 5.74) is 5.21. The molecule has 2 aromatic rings. The molecule has 0 saturated carbocycles. The molecule has 1 aliphatic rings. The Hall–Kier alpha value is -2.49. The lowest BCUT2D eigenvalue weighted by atomic mass is 9.91. The van der Waals surface area contributed by atoms with Crippen molar-refractivity contribution in [1.29, 1.82) is 0 Å². The van der Waals surface area contributed by atoms with Crippen LogP contribution in [0.4, 0.5) is 4.79 Å². The molecule has 4 heteroatoms. The maximum atomic E-state index is 12.3. The second kappa shape index (κ2) is 6.32. The fraction of sp³-hybridized carbons (Fsp3) is 0.316. The number of fused-ring (bicyclic) bond motifs is 1. The lowest BCUT2D eigenvalue weighted by molar-refractivity contribution is 0.0917. The van der Waals surface area contributed by atoms with Crippen molar-refractivity contribution in [3.05, 3.63) is 64.2 Å². The molecule has 0 aromatic heterocycles. The topological polar surface area (TPSA) is 49.8 Å². The van der Waals surface area contributed by atoms with Crippen LogP contribution >= 0.6 is 0 Å². The smallest absolute Gasteiger partial charge is 0.410 e. The summed E-state index contributed by atoms with van der Waals surface area (Å²) < 4.78 is 5.41. The molecule has 2 aromatic carbocycles. The molecule has 1 N–H and O–H groups in total. The highest BCUT2D eigenvalue weighted by atomic mass is 16.6. The van der Waals surface area contributed by atoms with Crippen LogP contribution in [0.3, 0.4) is 0 Å². The first kappa shape index (κ1) is 15.4. The fourth-order valence-electron chi connectivity index (χ4n) is 3.06. The van der Waals surface area contributed by atoms with Crippen molar-refractivity contribution >= 4 is 6.09 Å². The Morgan fingerprint density at radius 2 is 1.96 bits per heavy atom. The van der Waals surface area contributed by atoms with E-state index >= 15 is 0 Å². The number of amides is 1. The first-order chi connectivity index (χ1) is 11.1. The van der Waals surface area contributed by atoms with Gasteiger partial charge in [-0.2, -0.15) is 0 Å². The summed E-state index contributed by atoms with van der Waals surface area (Å²) in [6, 6.07) is 11.4. The number of benzene rings is 2. The number of carbonyl (C=O) groups is 1. The van der Waals surface area contributed by atoms with Gasteiger partial charge in [0.05, 0.1) is 0 Å². The van der Waals surface area contributed by atoms with Crippen LogP contribution in [-0.2, 0) is 24.3 Å².